The molecule has 1 saturated heterocycles. The molecule has 0 spiro atoms. The smallest absolute Gasteiger partial charge is 0.239 e. The molecule has 1 aromatic rings. The molecule has 2 rings (SSSR count). The van der Waals surface area contributed by atoms with Crippen LogP contribution in [0.5, 0.6) is 0 Å². The van der Waals surface area contributed by atoms with E-state index in [-0.39, 0.29) is 30.0 Å². The first-order valence-electron chi connectivity index (χ1n) is 9.35. The van der Waals surface area contributed by atoms with Crippen molar-refractivity contribution in [1.82, 2.24) is 10.2 Å². The average Bonchev–Trinajstić information content (AvgIpc) is 2.55. The van der Waals surface area contributed by atoms with E-state index in [1.807, 2.05) is 31.2 Å². The van der Waals surface area contributed by atoms with Gasteiger partial charge in [0.25, 0.3) is 0 Å². The van der Waals surface area contributed by atoms with Gasteiger partial charge >= 0.3 is 0 Å². The molecule has 3 N–H and O–H groups in total. The molecule has 7 heteroatoms. The zero-order chi connectivity index (χ0) is 19.4. The van der Waals surface area contributed by atoms with Gasteiger partial charge < -0.3 is 15.8 Å². The molecule has 0 radical (unpaired) electrons. The number of halogens is 2. The minimum atomic E-state index is -0.844. The molecule has 2 unspecified atom stereocenters. The van der Waals surface area contributed by atoms with Crippen LogP contribution in [0, 0.1) is 0 Å². The molecule has 0 aromatic heterocycles. The summed E-state index contributed by atoms with van der Waals surface area (Å²) in [5.41, 5.74) is 6.25. The number of hydrogen-bond donors (Lipinski definition) is 2. The molecule has 0 aliphatic carbocycles. The van der Waals surface area contributed by atoms with Crippen molar-refractivity contribution in [2.24, 2.45) is 5.73 Å². The normalized spacial score (nSPS) is 20.2. The molecule has 1 fully saturated rings. The van der Waals surface area contributed by atoms with Crippen molar-refractivity contribution in [2.75, 3.05) is 26.2 Å². The first-order chi connectivity index (χ1) is 12.1. The molecule has 2 atom stereocenters. The lowest BCUT2D eigenvalue weighted by Crippen LogP contribution is -2.55. The van der Waals surface area contributed by atoms with Crippen LogP contribution in [0.3, 0.4) is 0 Å². The summed E-state index contributed by atoms with van der Waals surface area (Å²) in [4.78, 5) is 14.9. The van der Waals surface area contributed by atoms with Crippen molar-refractivity contribution >= 4 is 29.9 Å². The van der Waals surface area contributed by atoms with Crippen LogP contribution in [0.1, 0.15) is 52.1 Å². The monoisotopic (exact) mass is 417 g/mol. The number of nitrogens with two attached hydrogens (primary N) is 1. The summed E-state index contributed by atoms with van der Waals surface area (Å²) >= 11 is 6.05. The van der Waals surface area contributed by atoms with Gasteiger partial charge in [0.05, 0.1) is 23.8 Å². The number of carbonyl (C=O) groups excluding carboxylic acids is 1. The topological polar surface area (TPSA) is 67.6 Å². The van der Waals surface area contributed by atoms with E-state index in [0.29, 0.717) is 24.6 Å². The summed E-state index contributed by atoms with van der Waals surface area (Å²) in [5.74, 6) is -0.106. The fourth-order valence-electron chi connectivity index (χ4n) is 3.49. The van der Waals surface area contributed by atoms with E-state index >= 15 is 0 Å². The number of nitrogens with zero attached hydrogens (tertiary/aromatic N) is 1. The number of morpholine rings is 1. The van der Waals surface area contributed by atoms with Crippen molar-refractivity contribution in [3.05, 3.63) is 34.9 Å². The molecule has 1 aliphatic rings. The van der Waals surface area contributed by atoms with Crippen LogP contribution in [-0.4, -0.2) is 48.2 Å². The van der Waals surface area contributed by atoms with Crippen molar-refractivity contribution in [1.29, 1.82) is 0 Å². The van der Waals surface area contributed by atoms with Gasteiger partial charge in [-0.05, 0) is 44.9 Å². The average molecular weight is 418 g/mol. The van der Waals surface area contributed by atoms with E-state index in [4.69, 9.17) is 22.1 Å². The van der Waals surface area contributed by atoms with Crippen molar-refractivity contribution in [3.63, 3.8) is 0 Å². The Balaban J connectivity index is 0.00000364. The van der Waals surface area contributed by atoms with Gasteiger partial charge in [0.1, 0.15) is 0 Å². The Bertz CT molecular complexity index is 606. The Morgan fingerprint density at radius 2 is 2.04 bits per heavy atom. The van der Waals surface area contributed by atoms with Gasteiger partial charge in [-0.1, -0.05) is 37.1 Å². The summed E-state index contributed by atoms with van der Waals surface area (Å²) in [7, 11) is 0. The summed E-state index contributed by atoms with van der Waals surface area (Å²) in [6.07, 6.45) is 1.54. The third-order valence-corrected chi connectivity index (χ3v) is 5.15. The van der Waals surface area contributed by atoms with E-state index in [9.17, 15) is 4.79 Å². The molecule has 1 aromatic carbocycles. The number of hydrogen-bond acceptors (Lipinski definition) is 4. The Kier molecular flexibility index (Phi) is 9.03. The lowest BCUT2D eigenvalue weighted by atomic mass is 9.96. The number of rotatable bonds is 7. The third-order valence-electron chi connectivity index (χ3n) is 4.89. The molecule has 154 valence electrons. The zero-order valence-corrected chi connectivity index (χ0v) is 18.3. The number of nitrogens with one attached hydrogen (secondary N) is 1. The Morgan fingerprint density at radius 1 is 1.41 bits per heavy atom. The highest BCUT2D eigenvalue weighted by Gasteiger charge is 2.33. The molecule has 1 amide bonds. The van der Waals surface area contributed by atoms with Gasteiger partial charge in [0.2, 0.25) is 5.91 Å². The highest BCUT2D eigenvalue weighted by molar-refractivity contribution is 6.30. The lowest BCUT2D eigenvalue weighted by molar-refractivity contribution is -0.127. The minimum absolute atomic E-state index is 0. The van der Waals surface area contributed by atoms with Crippen LogP contribution in [-0.2, 0) is 9.53 Å². The summed E-state index contributed by atoms with van der Waals surface area (Å²) in [5, 5.41) is 3.77. The lowest BCUT2D eigenvalue weighted by Gasteiger charge is -2.42. The predicted molar refractivity (Wildman–Crippen MR) is 114 cm³/mol. The second-order valence-corrected chi connectivity index (χ2v) is 8.46. The molecule has 27 heavy (non-hydrogen) atoms. The van der Waals surface area contributed by atoms with Crippen LogP contribution < -0.4 is 11.1 Å². The van der Waals surface area contributed by atoms with E-state index in [0.717, 1.165) is 25.1 Å². The second-order valence-electron chi connectivity index (χ2n) is 8.02. The van der Waals surface area contributed by atoms with E-state index in [2.05, 4.69) is 24.1 Å². The molecule has 0 bridgehead atoms. The summed E-state index contributed by atoms with van der Waals surface area (Å²) in [6.45, 7) is 10.8. The highest BCUT2D eigenvalue weighted by Crippen LogP contribution is 2.27. The molecule has 5 nitrogen and oxygen atoms in total. The molecule has 1 heterocycles. The Hall–Kier alpha value is -0.850. The molecular formula is C20H33Cl2N3O2. The van der Waals surface area contributed by atoms with Crippen LogP contribution in [0.15, 0.2) is 24.3 Å². The van der Waals surface area contributed by atoms with Gasteiger partial charge in [0.15, 0.2) is 0 Å². The van der Waals surface area contributed by atoms with Crippen LogP contribution in [0.2, 0.25) is 5.02 Å². The maximum absolute atomic E-state index is 12.6. The van der Waals surface area contributed by atoms with Crippen LogP contribution >= 0.6 is 24.0 Å². The maximum atomic E-state index is 12.6. The molecule has 0 saturated carbocycles. The van der Waals surface area contributed by atoms with E-state index < -0.39 is 5.54 Å². The number of carbonyl (C=O) groups is 1. The van der Waals surface area contributed by atoms with Gasteiger partial charge in [-0.3, -0.25) is 9.69 Å². The fourth-order valence-corrected chi connectivity index (χ4v) is 3.61. The number of amides is 1. The largest absolute Gasteiger partial charge is 0.373 e. The van der Waals surface area contributed by atoms with Crippen molar-refractivity contribution < 1.29 is 9.53 Å². The standard InChI is InChI=1S/C20H32ClN3O2.ClH/c1-5-10-20(4,22)18(25)23-13-17(15-6-8-16(21)9-7-15)24-11-12-26-19(2,3)14-24;/h6-9,17H,5,10-14,22H2,1-4H3,(H,23,25);1H. The van der Waals surface area contributed by atoms with Crippen LogP contribution in [0.25, 0.3) is 0 Å². The Labute approximate surface area is 174 Å². The van der Waals surface area contributed by atoms with Gasteiger partial charge in [0, 0.05) is 24.7 Å². The van der Waals surface area contributed by atoms with E-state index in [1.54, 1.807) is 6.92 Å². The van der Waals surface area contributed by atoms with Crippen LogP contribution in [0.4, 0.5) is 0 Å². The quantitative estimate of drug-likeness (QED) is 0.711. The number of benzene rings is 1. The molecule has 1 aliphatic heterocycles. The van der Waals surface area contributed by atoms with Gasteiger partial charge in [-0.25, -0.2) is 0 Å². The van der Waals surface area contributed by atoms with Crippen molar-refractivity contribution in [3.8, 4) is 0 Å². The van der Waals surface area contributed by atoms with Crippen molar-refractivity contribution in [2.45, 2.75) is 57.7 Å². The fraction of sp³-hybridized carbons (Fsp3) is 0.650. The maximum Gasteiger partial charge on any atom is 0.239 e. The van der Waals surface area contributed by atoms with E-state index in [1.165, 1.54) is 0 Å². The molecular weight excluding hydrogens is 385 g/mol. The van der Waals surface area contributed by atoms with Gasteiger partial charge in [-0.2, -0.15) is 0 Å². The first-order valence-corrected chi connectivity index (χ1v) is 9.73. The summed E-state index contributed by atoms with van der Waals surface area (Å²) < 4.78 is 5.84. The summed E-state index contributed by atoms with van der Waals surface area (Å²) in [6, 6.07) is 7.88. The zero-order valence-electron chi connectivity index (χ0n) is 16.8. The second kappa shape index (κ2) is 10.1. The van der Waals surface area contributed by atoms with Gasteiger partial charge in [-0.15, -0.1) is 12.4 Å². The SMILES string of the molecule is CCCC(C)(N)C(=O)NCC(c1ccc(Cl)cc1)N1CCOC(C)(C)C1.Cl. The Morgan fingerprint density at radius 3 is 2.59 bits per heavy atom. The minimum Gasteiger partial charge on any atom is -0.373 e. The number of ether oxygens (including phenoxy) is 1. The predicted octanol–water partition coefficient (Wildman–Crippen LogP) is 3.55. The highest BCUT2D eigenvalue weighted by atomic mass is 35.5. The first kappa shape index (κ1) is 24.2. The third kappa shape index (κ3) is 6.91.